The number of ether oxygens (including phenoxy) is 2. The van der Waals surface area contributed by atoms with Crippen molar-refractivity contribution in [2.75, 3.05) is 36.4 Å². The van der Waals surface area contributed by atoms with Crippen LogP contribution < -0.4 is 15.5 Å². The minimum atomic E-state index is -1.13. The number of amides is 3. The fraction of sp³-hybridized carbons (Fsp3) is 0.263. The number of carbonyl (C=O) groups is 4. The van der Waals surface area contributed by atoms with E-state index < -0.39 is 23.6 Å². The number of hydrogen-bond acceptors (Lipinski definition) is 7. The number of benzene rings is 4. The number of hydrogen-bond donors (Lipinski definition) is 2. The molecule has 0 spiro atoms. The van der Waals surface area contributed by atoms with E-state index in [1.54, 1.807) is 65.6 Å². The molecule has 248 valence electrons. The second-order valence-electron chi connectivity index (χ2n) is 12.4. The zero-order valence-corrected chi connectivity index (χ0v) is 27.3. The van der Waals surface area contributed by atoms with Crippen molar-refractivity contribution in [3.05, 3.63) is 131 Å². The maximum absolute atomic E-state index is 14.2. The normalized spacial score (nSPS) is 13.6. The number of para-hydroxylation sites is 1. The predicted molar refractivity (Wildman–Crippen MR) is 184 cm³/mol. The summed E-state index contributed by atoms with van der Waals surface area (Å²) in [5.74, 6) is -0.827. The molecule has 48 heavy (non-hydrogen) atoms. The van der Waals surface area contributed by atoms with Gasteiger partial charge in [-0.05, 0) is 44.0 Å². The number of carbonyl (C=O) groups excluding carboxylic acids is 4. The molecule has 1 aliphatic rings. The Bertz CT molecular complexity index is 1720. The summed E-state index contributed by atoms with van der Waals surface area (Å²) in [5, 5.41) is 5.70. The van der Waals surface area contributed by atoms with Gasteiger partial charge in [0, 0.05) is 37.3 Å². The molecule has 0 bridgehead atoms. The van der Waals surface area contributed by atoms with Crippen molar-refractivity contribution < 1.29 is 28.7 Å². The van der Waals surface area contributed by atoms with Gasteiger partial charge in [0.15, 0.2) is 5.78 Å². The third-order valence-electron chi connectivity index (χ3n) is 7.71. The van der Waals surface area contributed by atoms with Gasteiger partial charge in [0.1, 0.15) is 18.2 Å². The lowest BCUT2D eigenvalue weighted by molar-refractivity contribution is -0.118. The maximum Gasteiger partial charge on any atom is 0.410 e. The molecule has 3 amide bonds. The van der Waals surface area contributed by atoms with Gasteiger partial charge in [-0.1, -0.05) is 97.1 Å². The Balaban J connectivity index is 1.43. The van der Waals surface area contributed by atoms with Gasteiger partial charge >= 0.3 is 12.2 Å². The second kappa shape index (κ2) is 15.3. The van der Waals surface area contributed by atoms with Crippen LogP contribution in [0.3, 0.4) is 0 Å². The molecule has 4 aromatic rings. The number of rotatable bonds is 9. The van der Waals surface area contributed by atoms with Gasteiger partial charge in [0.25, 0.3) is 5.91 Å². The molecule has 0 radical (unpaired) electrons. The quantitative estimate of drug-likeness (QED) is 0.197. The van der Waals surface area contributed by atoms with Crippen molar-refractivity contribution >= 4 is 35.3 Å². The summed E-state index contributed by atoms with van der Waals surface area (Å²) in [5.41, 5.74) is 2.40. The SMILES string of the molecule is CC(C)(C)OC(=O)N1CCN(c2cccc(C(=O)c3ccccc3)c2NC(=O)[C@@H](NC(=O)OCc2ccccc2)c2ccccc2)CC1. The summed E-state index contributed by atoms with van der Waals surface area (Å²) in [4.78, 5) is 57.4. The Kier molecular flexibility index (Phi) is 10.7. The molecule has 0 unspecified atom stereocenters. The fourth-order valence-corrected chi connectivity index (χ4v) is 5.35. The van der Waals surface area contributed by atoms with Gasteiger partial charge < -0.3 is 29.9 Å². The van der Waals surface area contributed by atoms with E-state index in [-0.39, 0.29) is 18.5 Å². The largest absolute Gasteiger partial charge is 0.445 e. The summed E-state index contributed by atoms with van der Waals surface area (Å²) in [6.45, 7) is 7.17. The van der Waals surface area contributed by atoms with Crippen molar-refractivity contribution in [2.24, 2.45) is 0 Å². The first-order valence-corrected chi connectivity index (χ1v) is 15.9. The van der Waals surface area contributed by atoms with E-state index in [1.165, 1.54) is 0 Å². The van der Waals surface area contributed by atoms with Crippen LogP contribution in [-0.2, 0) is 20.9 Å². The van der Waals surface area contributed by atoms with Crippen LogP contribution in [0.25, 0.3) is 0 Å². The molecule has 0 aliphatic carbocycles. The van der Waals surface area contributed by atoms with E-state index in [2.05, 4.69) is 10.6 Å². The third-order valence-corrected chi connectivity index (χ3v) is 7.71. The topological polar surface area (TPSA) is 117 Å². The zero-order chi connectivity index (χ0) is 34.1. The molecule has 1 saturated heterocycles. The van der Waals surface area contributed by atoms with Gasteiger partial charge in [-0.2, -0.15) is 0 Å². The fourth-order valence-electron chi connectivity index (χ4n) is 5.35. The number of alkyl carbamates (subject to hydrolysis) is 1. The highest BCUT2D eigenvalue weighted by atomic mass is 16.6. The highest BCUT2D eigenvalue weighted by molar-refractivity contribution is 6.16. The lowest BCUT2D eigenvalue weighted by atomic mass is 9.99. The number of nitrogens with zero attached hydrogens (tertiary/aromatic N) is 2. The van der Waals surface area contributed by atoms with Crippen molar-refractivity contribution in [3.63, 3.8) is 0 Å². The first-order valence-electron chi connectivity index (χ1n) is 15.9. The van der Waals surface area contributed by atoms with E-state index in [1.807, 2.05) is 74.2 Å². The molecule has 1 aliphatic heterocycles. The minimum Gasteiger partial charge on any atom is -0.445 e. The smallest absolute Gasteiger partial charge is 0.410 e. The lowest BCUT2D eigenvalue weighted by Crippen LogP contribution is -2.50. The highest BCUT2D eigenvalue weighted by Crippen LogP contribution is 2.33. The number of piperazine rings is 1. The molecule has 10 heteroatoms. The second-order valence-corrected chi connectivity index (χ2v) is 12.4. The molecule has 0 saturated carbocycles. The first-order chi connectivity index (χ1) is 23.1. The molecule has 2 N–H and O–H groups in total. The van der Waals surface area contributed by atoms with E-state index in [4.69, 9.17) is 9.47 Å². The summed E-state index contributed by atoms with van der Waals surface area (Å²) >= 11 is 0. The van der Waals surface area contributed by atoms with Gasteiger partial charge in [-0.25, -0.2) is 9.59 Å². The lowest BCUT2D eigenvalue weighted by Gasteiger charge is -2.37. The van der Waals surface area contributed by atoms with Crippen molar-refractivity contribution in [1.29, 1.82) is 0 Å². The molecule has 1 atom stereocenters. The summed E-state index contributed by atoms with van der Waals surface area (Å²) < 4.78 is 11.0. The van der Waals surface area contributed by atoms with Crippen LogP contribution in [0.4, 0.5) is 21.0 Å². The molecular weight excluding hydrogens is 608 g/mol. The van der Waals surface area contributed by atoms with E-state index in [0.717, 1.165) is 5.56 Å². The first kappa shape index (κ1) is 33.7. The maximum atomic E-state index is 14.2. The zero-order valence-electron chi connectivity index (χ0n) is 27.3. The van der Waals surface area contributed by atoms with Crippen LogP contribution in [0.1, 0.15) is 53.9 Å². The highest BCUT2D eigenvalue weighted by Gasteiger charge is 2.30. The van der Waals surface area contributed by atoms with Crippen molar-refractivity contribution in [2.45, 2.75) is 39.0 Å². The average molecular weight is 649 g/mol. The predicted octanol–water partition coefficient (Wildman–Crippen LogP) is 6.58. The molecule has 4 aromatic carbocycles. The molecular formula is C38H40N4O6. The van der Waals surface area contributed by atoms with Crippen molar-refractivity contribution in [1.82, 2.24) is 10.2 Å². The van der Waals surface area contributed by atoms with E-state index >= 15 is 0 Å². The number of ketones is 1. The van der Waals surface area contributed by atoms with Gasteiger partial charge in [-0.15, -0.1) is 0 Å². The Morgan fingerprint density at radius 1 is 0.750 bits per heavy atom. The van der Waals surface area contributed by atoms with Crippen LogP contribution in [0.2, 0.25) is 0 Å². The Morgan fingerprint density at radius 3 is 1.98 bits per heavy atom. The number of anilines is 2. The van der Waals surface area contributed by atoms with Gasteiger partial charge in [0.2, 0.25) is 0 Å². The Hall–Kier alpha value is -5.64. The van der Waals surface area contributed by atoms with Crippen LogP contribution in [0, 0.1) is 0 Å². The van der Waals surface area contributed by atoms with Crippen LogP contribution in [0.5, 0.6) is 0 Å². The molecule has 10 nitrogen and oxygen atoms in total. The monoisotopic (exact) mass is 648 g/mol. The standard InChI is InChI=1S/C38H40N4O6/c1-38(2,3)48-37(46)42-24-22-41(23-25-42)31-21-13-20-30(34(43)29-18-11-6-12-19-29)33(31)39-35(44)32(28-16-9-5-10-17-28)40-36(45)47-26-27-14-7-4-8-15-27/h4-21,32H,22-26H2,1-3H3,(H,39,44)(H,40,45)/t32-/m0/s1. The minimum absolute atomic E-state index is 0.0314. The molecule has 1 fully saturated rings. The van der Waals surface area contributed by atoms with Crippen LogP contribution in [0.15, 0.2) is 109 Å². The van der Waals surface area contributed by atoms with Crippen LogP contribution in [-0.4, -0.2) is 60.6 Å². The Morgan fingerprint density at radius 2 is 1.35 bits per heavy atom. The van der Waals surface area contributed by atoms with Gasteiger partial charge in [-0.3, -0.25) is 9.59 Å². The Labute approximate surface area is 280 Å². The summed E-state index contributed by atoms with van der Waals surface area (Å²) in [6, 6.07) is 31.0. The van der Waals surface area contributed by atoms with Crippen molar-refractivity contribution in [3.8, 4) is 0 Å². The van der Waals surface area contributed by atoms with Gasteiger partial charge in [0.05, 0.1) is 11.4 Å². The molecule has 0 aromatic heterocycles. The third kappa shape index (κ3) is 8.79. The van der Waals surface area contributed by atoms with Crippen LogP contribution >= 0.6 is 0 Å². The van der Waals surface area contributed by atoms with E-state index in [0.29, 0.717) is 54.2 Å². The van der Waals surface area contributed by atoms with E-state index in [9.17, 15) is 19.2 Å². The summed E-state index contributed by atoms with van der Waals surface area (Å²) in [6.07, 6.45) is -1.16. The average Bonchev–Trinajstić information content (AvgIpc) is 3.10. The molecule has 1 heterocycles. The summed E-state index contributed by atoms with van der Waals surface area (Å²) in [7, 11) is 0. The number of nitrogens with one attached hydrogen (secondary N) is 2. The molecule has 5 rings (SSSR count).